The lowest BCUT2D eigenvalue weighted by molar-refractivity contribution is 0.269. The van der Waals surface area contributed by atoms with E-state index in [-0.39, 0.29) is 5.56 Å². The first-order chi connectivity index (χ1) is 16.9. The predicted molar refractivity (Wildman–Crippen MR) is 144 cm³/mol. The average Bonchev–Trinajstić information content (AvgIpc) is 2.84. The molecule has 0 bridgehead atoms. The minimum atomic E-state index is -0.247. The van der Waals surface area contributed by atoms with E-state index in [1.807, 2.05) is 38.1 Å². The Hall–Kier alpha value is -2.87. The zero-order valence-electron chi connectivity index (χ0n) is 19.1. The highest BCUT2D eigenvalue weighted by Crippen LogP contribution is 2.37. The van der Waals surface area contributed by atoms with Crippen LogP contribution >= 0.6 is 39.1 Å². The molecule has 0 amide bonds. The molecule has 0 saturated heterocycles. The Bertz CT molecular complexity index is 1450. The summed E-state index contributed by atoms with van der Waals surface area (Å²) in [5, 5.41) is 5.94. The number of nitrogens with zero attached hydrogens (tertiary/aromatic N) is 3. The second-order valence-corrected chi connectivity index (χ2v) is 9.34. The Balaban J connectivity index is 1.67. The van der Waals surface area contributed by atoms with Crippen LogP contribution in [0.3, 0.4) is 0 Å². The lowest BCUT2D eigenvalue weighted by atomic mass is 10.2. The summed E-state index contributed by atoms with van der Waals surface area (Å²) in [5.41, 5.74) is 1.98. The Morgan fingerprint density at radius 3 is 2.54 bits per heavy atom. The average molecular weight is 575 g/mol. The highest BCUT2D eigenvalue weighted by Gasteiger charge is 2.14. The number of aryl methyl sites for hydroxylation is 1. The smallest absolute Gasteiger partial charge is 0.282 e. The maximum Gasteiger partial charge on any atom is 0.282 e. The first kappa shape index (κ1) is 25.2. The maximum absolute atomic E-state index is 13.1. The number of rotatable bonds is 8. The molecule has 0 aliphatic rings. The highest BCUT2D eigenvalue weighted by atomic mass is 79.9. The van der Waals surface area contributed by atoms with E-state index in [2.05, 4.69) is 26.0 Å². The van der Waals surface area contributed by atoms with E-state index in [9.17, 15) is 4.79 Å². The Kier molecular flexibility index (Phi) is 8.11. The van der Waals surface area contributed by atoms with Gasteiger partial charge in [-0.05, 0) is 60.5 Å². The molecule has 0 unspecified atom stereocenters. The van der Waals surface area contributed by atoms with Crippen LogP contribution < -0.4 is 15.0 Å². The molecule has 0 atom stereocenters. The van der Waals surface area contributed by atoms with Gasteiger partial charge < -0.3 is 9.47 Å². The van der Waals surface area contributed by atoms with Gasteiger partial charge in [-0.25, -0.2) is 4.98 Å². The van der Waals surface area contributed by atoms with Crippen molar-refractivity contribution < 1.29 is 9.47 Å². The van der Waals surface area contributed by atoms with Crippen LogP contribution in [0.4, 0.5) is 0 Å². The molecule has 0 saturated carbocycles. The van der Waals surface area contributed by atoms with Crippen LogP contribution in [0.5, 0.6) is 11.5 Å². The van der Waals surface area contributed by atoms with Crippen LogP contribution in [0.15, 0.2) is 69.0 Å². The minimum Gasteiger partial charge on any atom is -0.490 e. The molecule has 0 aliphatic carbocycles. The first-order valence-electron chi connectivity index (χ1n) is 11.0. The van der Waals surface area contributed by atoms with Crippen LogP contribution in [0.1, 0.15) is 30.8 Å². The molecule has 0 N–H and O–H groups in total. The largest absolute Gasteiger partial charge is 0.490 e. The molecule has 1 heterocycles. The predicted octanol–water partition coefficient (Wildman–Crippen LogP) is 6.89. The van der Waals surface area contributed by atoms with Gasteiger partial charge >= 0.3 is 0 Å². The molecule has 0 fully saturated rings. The van der Waals surface area contributed by atoms with Crippen molar-refractivity contribution in [3.63, 3.8) is 0 Å². The summed E-state index contributed by atoms with van der Waals surface area (Å²) in [6, 6.07) is 16.3. The lowest BCUT2D eigenvalue weighted by Crippen LogP contribution is -2.22. The summed E-state index contributed by atoms with van der Waals surface area (Å²) in [6.07, 6.45) is 2.10. The normalized spacial score (nSPS) is 11.3. The summed E-state index contributed by atoms with van der Waals surface area (Å²) >= 11 is 15.9. The fourth-order valence-electron chi connectivity index (χ4n) is 3.47. The van der Waals surface area contributed by atoms with Crippen LogP contribution in [0.25, 0.3) is 10.9 Å². The van der Waals surface area contributed by atoms with Gasteiger partial charge in [-0.2, -0.15) is 9.78 Å². The van der Waals surface area contributed by atoms with Crippen molar-refractivity contribution in [2.45, 2.75) is 26.9 Å². The second kappa shape index (κ2) is 11.2. The molecule has 0 radical (unpaired) electrons. The van der Waals surface area contributed by atoms with Gasteiger partial charge in [0.15, 0.2) is 11.5 Å². The highest BCUT2D eigenvalue weighted by molar-refractivity contribution is 9.10. The van der Waals surface area contributed by atoms with Crippen LogP contribution in [-0.4, -0.2) is 22.5 Å². The number of aromatic nitrogens is 2. The van der Waals surface area contributed by atoms with Crippen molar-refractivity contribution >= 4 is 56.2 Å². The molecule has 9 heteroatoms. The Labute approximate surface area is 221 Å². The molecule has 3 aromatic carbocycles. The van der Waals surface area contributed by atoms with Gasteiger partial charge in [0.2, 0.25) is 0 Å². The van der Waals surface area contributed by atoms with Gasteiger partial charge in [0.25, 0.3) is 5.56 Å². The topological polar surface area (TPSA) is 65.7 Å². The third kappa shape index (κ3) is 5.86. The molecule has 4 rings (SSSR count). The van der Waals surface area contributed by atoms with Crippen LogP contribution in [0, 0.1) is 0 Å². The number of hydrogen-bond donors (Lipinski definition) is 0. The molecule has 0 aliphatic heterocycles. The summed E-state index contributed by atoms with van der Waals surface area (Å²) < 4.78 is 13.9. The molecule has 35 heavy (non-hydrogen) atoms. The third-order valence-electron chi connectivity index (χ3n) is 5.14. The first-order valence-corrected chi connectivity index (χ1v) is 12.5. The zero-order valence-corrected chi connectivity index (χ0v) is 22.2. The lowest BCUT2D eigenvalue weighted by Gasteiger charge is -2.14. The molecular weight excluding hydrogens is 553 g/mol. The number of halogens is 3. The van der Waals surface area contributed by atoms with E-state index < -0.39 is 0 Å². The van der Waals surface area contributed by atoms with Crippen molar-refractivity contribution in [2.24, 2.45) is 5.10 Å². The van der Waals surface area contributed by atoms with Gasteiger partial charge in [-0.15, -0.1) is 0 Å². The maximum atomic E-state index is 13.1. The summed E-state index contributed by atoms with van der Waals surface area (Å²) in [7, 11) is 0. The Morgan fingerprint density at radius 2 is 1.83 bits per heavy atom. The molecule has 6 nitrogen and oxygen atoms in total. The third-order valence-corrected chi connectivity index (χ3v) is 6.17. The standard InChI is InChI=1S/C26H22BrCl2N3O3/c1-3-24-31-22-10-7-18(27)13-20(22)26(33)32(24)30-14-17-11-21(29)25(23(12-17)34-4-2)35-15-16-5-8-19(28)9-6-16/h5-14H,3-4,15H2,1-2H3. The van der Waals surface area contributed by atoms with Gasteiger partial charge in [-0.3, -0.25) is 4.79 Å². The number of benzene rings is 3. The molecule has 0 spiro atoms. The number of hydrogen-bond acceptors (Lipinski definition) is 5. The Morgan fingerprint density at radius 1 is 1.06 bits per heavy atom. The van der Waals surface area contributed by atoms with E-state index in [4.69, 9.17) is 32.7 Å². The van der Waals surface area contributed by atoms with Crippen molar-refractivity contribution in [3.8, 4) is 11.5 Å². The van der Waals surface area contributed by atoms with E-state index in [1.165, 1.54) is 4.68 Å². The van der Waals surface area contributed by atoms with Crippen molar-refractivity contribution in [1.29, 1.82) is 0 Å². The summed E-state index contributed by atoms with van der Waals surface area (Å²) in [5.74, 6) is 1.48. The second-order valence-electron chi connectivity index (χ2n) is 7.58. The van der Waals surface area contributed by atoms with Gasteiger partial charge in [0.05, 0.1) is 28.7 Å². The van der Waals surface area contributed by atoms with Crippen molar-refractivity contribution in [2.75, 3.05) is 6.61 Å². The van der Waals surface area contributed by atoms with Gasteiger partial charge in [0, 0.05) is 15.9 Å². The number of fused-ring (bicyclic) bond motifs is 1. The SMILES string of the molecule is CCOc1cc(C=Nn2c(CC)nc3ccc(Br)cc3c2=O)cc(Cl)c1OCc1ccc(Cl)cc1. The molecular formula is C26H22BrCl2N3O3. The van der Waals surface area contributed by atoms with Gasteiger partial charge in [-0.1, -0.05) is 58.2 Å². The summed E-state index contributed by atoms with van der Waals surface area (Å²) in [4.78, 5) is 17.7. The molecule has 4 aromatic rings. The number of ether oxygens (including phenoxy) is 2. The fraction of sp³-hybridized carbons (Fsp3) is 0.192. The van der Waals surface area contributed by atoms with Crippen molar-refractivity contribution in [1.82, 2.24) is 9.66 Å². The van der Waals surface area contributed by atoms with Crippen LogP contribution in [0.2, 0.25) is 10.0 Å². The van der Waals surface area contributed by atoms with E-state index in [0.717, 1.165) is 10.0 Å². The fourth-order valence-corrected chi connectivity index (χ4v) is 4.23. The van der Waals surface area contributed by atoms with E-state index in [1.54, 1.807) is 36.5 Å². The van der Waals surface area contributed by atoms with E-state index >= 15 is 0 Å². The van der Waals surface area contributed by atoms with Crippen LogP contribution in [-0.2, 0) is 13.0 Å². The zero-order chi connectivity index (χ0) is 24.9. The minimum absolute atomic E-state index is 0.247. The molecule has 180 valence electrons. The van der Waals surface area contributed by atoms with E-state index in [0.29, 0.717) is 63.5 Å². The quantitative estimate of drug-likeness (QED) is 0.215. The van der Waals surface area contributed by atoms with Gasteiger partial charge in [0.1, 0.15) is 12.4 Å². The summed E-state index contributed by atoms with van der Waals surface area (Å²) in [6.45, 7) is 4.54. The monoisotopic (exact) mass is 573 g/mol. The van der Waals surface area contributed by atoms with Crippen molar-refractivity contribution in [3.05, 3.63) is 96.4 Å². The molecule has 1 aromatic heterocycles.